The number of nitrogens with zero attached hydrogens (tertiary/aromatic N) is 1. The Balaban J connectivity index is 1.46. The number of hydrogen-bond donors (Lipinski definition) is 1. The summed E-state index contributed by atoms with van der Waals surface area (Å²) in [6.07, 6.45) is 0.754. The van der Waals surface area contributed by atoms with Crippen molar-refractivity contribution in [2.75, 3.05) is 38.8 Å². The molecule has 1 aliphatic heterocycles. The number of carbonyl (C=O) groups excluding carboxylic acids is 1. The molecule has 1 unspecified atom stereocenters. The van der Waals surface area contributed by atoms with Crippen LogP contribution in [0.15, 0.2) is 78.9 Å². The highest BCUT2D eigenvalue weighted by atomic mass is 16.5. The van der Waals surface area contributed by atoms with Crippen LogP contribution in [0.2, 0.25) is 0 Å². The molecule has 3 aromatic carbocycles. The van der Waals surface area contributed by atoms with E-state index in [1.165, 1.54) is 0 Å². The van der Waals surface area contributed by atoms with Crippen molar-refractivity contribution in [1.82, 2.24) is 4.90 Å². The molecule has 0 fully saturated rings. The Hall–Kier alpha value is -3.51. The second-order valence-corrected chi connectivity index (χ2v) is 8.08. The molecule has 0 saturated carbocycles. The fraction of sp³-hybridized carbons (Fsp3) is 0.296. The van der Waals surface area contributed by atoms with Crippen molar-refractivity contribution in [3.63, 3.8) is 0 Å². The minimum Gasteiger partial charge on any atom is -0.490 e. The number of carbonyl (C=O) groups is 1. The van der Waals surface area contributed by atoms with E-state index in [1.807, 2.05) is 90.7 Å². The number of para-hydroxylation sites is 2. The van der Waals surface area contributed by atoms with Gasteiger partial charge in [-0.25, -0.2) is 0 Å². The number of rotatable bonds is 10. The van der Waals surface area contributed by atoms with Crippen LogP contribution in [0.3, 0.4) is 0 Å². The van der Waals surface area contributed by atoms with E-state index in [4.69, 9.17) is 14.2 Å². The standard InChI is InChI=1S/C27H30N2O4/c1-27(28-25-12-7-6-11-24(25)26(30)29(27)17-8-18-31-2)21-13-15-23(16-14-21)33-20-19-32-22-9-4-3-5-10-22/h3-7,9-16,28H,8,17-20H2,1-2H3. The lowest BCUT2D eigenvalue weighted by Gasteiger charge is -2.47. The molecule has 0 bridgehead atoms. The van der Waals surface area contributed by atoms with E-state index in [0.29, 0.717) is 31.9 Å². The fourth-order valence-electron chi connectivity index (χ4n) is 4.09. The van der Waals surface area contributed by atoms with E-state index in [-0.39, 0.29) is 5.91 Å². The zero-order chi connectivity index (χ0) is 23.1. The smallest absolute Gasteiger partial charge is 0.258 e. The van der Waals surface area contributed by atoms with Gasteiger partial charge in [-0.15, -0.1) is 0 Å². The van der Waals surface area contributed by atoms with Crippen molar-refractivity contribution in [2.24, 2.45) is 0 Å². The summed E-state index contributed by atoms with van der Waals surface area (Å²) in [5.74, 6) is 1.60. The highest BCUT2D eigenvalue weighted by Crippen LogP contribution is 2.38. The molecule has 6 heteroatoms. The topological polar surface area (TPSA) is 60.0 Å². The molecule has 1 heterocycles. The molecule has 1 atom stereocenters. The van der Waals surface area contributed by atoms with Crippen LogP contribution in [-0.2, 0) is 10.4 Å². The van der Waals surface area contributed by atoms with Gasteiger partial charge in [0.05, 0.1) is 5.56 Å². The Morgan fingerprint density at radius 1 is 0.818 bits per heavy atom. The summed E-state index contributed by atoms with van der Waals surface area (Å²) in [6.45, 7) is 4.12. The summed E-state index contributed by atoms with van der Waals surface area (Å²) in [5, 5.41) is 3.59. The van der Waals surface area contributed by atoms with Crippen LogP contribution in [0.25, 0.3) is 0 Å². The van der Waals surface area contributed by atoms with Gasteiger partial charge in [0.2, 0.25) is 0 Å². The maximum Gasteiger partial charge on any atom is 0.258 e. The van der Waals surface area contributed by atoms with E-state index in [9.17, 15) is 4.79 Å². The molecular formula is C27H30N2O4. The van der Waals surface area contributed by atoms with Gasteiger partial charge in [0.15, 0.2) is 0 Å². The predicted octanol–water partition coefficient (Wildman–Crippen LogP) is 4.92. The number of amides is 1. The van der Waals surface area contributed by atoms with E-state index in [2.05, 4.69) is 5.32 Å². The highest BCUT2D eigenvalue weighted by molar-refractivity contribution is 6.02. The molecule has 1 aliphatic rings. The molecular weight excluding hydrogens is 416 g/mol. The molecule has 33 heavy (non-hydrogen) atoms. The van der Waals surface area contributed by atoms with Gasteiger partial charge in [-0.3, -0.25) is 4.79 Å². The number of anilines is 1. The number of hydrogen-bond acceptors (Lipinski definition) is 5. The van der Waals surface area contributed by atoms with Crippen LogP contribution < -0.4 is 14.8 Å². The zero-order valence-corrected chi connectivity index (χ0v) is 19.1. The second-order valence-electron chi connectivity index (χ2n) is 8.08. The average molecular weight is 447 g/mol. The Morgan fingerprint density at radius 2 is 1.45 bits per heavy atom. The normalized spacial score (nSPS) is 17.3. The largest absolute Gasteiger partial charge is 0.490 e. The van der Waals surface area contributed by atoms with Crippen LogP contribution in [-0.4, -0.2) is 44.3 Å². The number of fused-ring (bicyclic) bond motifs is 1. The summed E-state index contributed by atoms with van der Waals surface area (Å²) in [5.41, 5.74) is 1.82. The average Bonchev–Trinajstić information content (AvgIpc) is 2.85. The summed E-state index contributed by atoms with van der Waals surface area (Å²) in [6, 6.07) is 25.2. The molecule has 3 aromatic rings. The first kappa shape index (κ1) is 22.7. The molecule has 0 aromatic heterocycles. The van der Waals surface area contributed by atoms with Gasteiger partial charge < -0.3 is 24.4 Å². The first-order valence-corrected chi connectivity index (χ1v) is 11.2. The monoisotopic (exact) mass is 446 g/mol. The maximum atomic E-state index is 13.4. The van der Waals surface area contributed by atoms with Crippen molar-refractivity contribution in [3.8, 4) is 11.5 Å². The van der Waals surface area contributed by atoms with E-state index < -0.39 is 5.66 Å². The fourth-order valence-corrected chi connectivity index (χ4v) is 4.09. The summed E-state index contributed by atoms with van der Waals surface area (Å²) in [4.78, 5) is 15.3. The summed E-state index contributed by atoms with van der Waals surface area (Å²) in [7, 11) is 1.67. The second kappa shape index (κ2) is 10.4. The van der Waals surface area contributed by atoms with Crippen LogP contribution in [0.5, 0.6) is 11.5 Å². The number of nitrogens with one attached hydrogen (secondary N) is 1. The Bertz CT molecular complexity index is 1060. The number of methoxy groups -OCH3 is 1. The molecule has 172 valence electrons. The summed E-state index contributed by atoms with van der Waals surface area (Å²) >= 11 is 0. The molecule has 1 N–H and O–H groups in total. The van der Waals surface area contributed by atoms with Crippen molar-refractivity contribution in [3.05, 3.63) is 90.0 Å². The number of ether oxygens (including phenoxy) is 3. The minimum absolute atomic E-state index is 0.0151. The lowest BCUT2D eigenvalue weighted by atomic mass is 9.93. The zero-order valence-electron chi connectivity index (χ0n) is 19.1. The van der Waals surface area contributed by atoms with Gasteiger partial charge in [-0.1, -0.05) is 42.5 Å². The molecule has 0 aliphatic carbocycles. The lowest BCUT2D eigenvalue weighted by molar-refractivity contribution is 0.0504. The quantitative estimate of drug-likeness (QED) is 0.448. The van der Waals surface area contributed by atoms with Crippen molar-refractivity contribution in [2.45, 2.75) is 19.0 Å². The third-order valence-electron chi connectivity index (χ3n) is 5.83. The third-order valence-corrected chi connectivity index (χ3v) is 5.83. The van der Waals surface area contributed by atoms with Gasteiger partial charge in [-0.2, -0.15) is 0 Å². The van der Waals surface area contributed by atoms with Gasteiger partial charge in [0.1, 0.15) is 30.4 Å². The molecule has 4 rings (SSSR count). The first-order valence-electron chi connectivity index (χ1n) is 11.2. The van der Waals surface area contributed by atoms with Crippen LogP contribution in [0, 0.1) is 0 Å². The highest BCUT2D eigenvalue weighted by Gasteiger charge is 2.42. The van der Waals surface area contributed by atoms with Gasteiger partial charge in [0.25, 0.3) is 5.91 Å². The lowest BCUT2D eigenvalue weighted by Crippen LogP contribution is -2.56. The van der Waals surface area contributed by atoms with E-state index >= 15 is 0 Å². The van der Waals surface area contributed by atoms with Crippen molar-refractivity contribution < 1.29 is 19.0 Å². The molecule has 0 spiro atoms. The molecule has 0 radical (unpaired) electrons. The number of benzene rings is 3. The molecule has 6 nitrogen and oxygen atoms in total. The molecule has 1 amide bonds. The predicted molar refractivity (Wildman–Crippen MR) is 129 cm³/mol. The van der Waals surface area contributed by atoms with E-state index in [0.717, 1.165) is 29.2 Å². The minimum atomic E-state index is -0.686. The van der Waals surface area contributed by atoms with Crippen LogP contribution >= 0.6 is 0 Å². The van der Waals surface area contributed by atoms with Gasteiger partial charge in [-0.05, 0) is 55.3 Å². The van der Waals surface area contributed by atoms with E-state index in [1.54, 1.807) is 7.11 Å². The Labute approximate surface area is 195 Å². The summed E-state index contributed by atoms with van der Waals surface area (Å²) < 4.78 is 16.7. The SMILES string of the molecule is COCCCN1C(=O)c2ccccc2NC1(C)c1ccc(OCCOc2ccccc2)cc1. The van der Waals surface area contributed by atoms with Gasteiger partial charge in [0, 0.05) is 25.9 Å². The van der Waals surface area contributed by atoms with Crippen molar-refractivity contribution >= 4 is 11.6 Å². The maximum absolute atomic E-state index is 13.4. The van der Waals surface area contributed by atoms with Crippen LogP contribution in [0.4, 0.5) is 5.69 Å². The van der Waals surface area contributed by atoms with Crippen molar-refractivity contribution in [1.29, 1.82) is 0 Å². The van der Waals surface area contributed by atoms with Gasteiger partial charge >= 0.3 is 0 Å². The first-order chi connectivity index (χ1) is 16.1. The Morgan fingerprint density at radius 3 is 2.15 bits per heavy atom. The van der Waals surface area contributed by atoms with Crippen LogP contribution in [0.1, 0.15) is 29.3 Å². The molecule has 0 saturated heterocycles. The Kier molecular flexibility index (Phi) is 7.15. The third kappa shape index (κ3) is 5.12.